The zero-order chi connectivity index (χ0) is 12.8. The molecule has 0 heterocycles. The molecule has 0 bridgehead atoms. The second-order valence-electron chi connectivity index (χ2n) is 3.79. The maximum absolute atomic E-state index is 10.8. The van der Waals surface area contributed by atoms with Gasteiger partial charge in [-0.15, -0.1) is 0 Å². The molecule has 3 N–H and O–H groups in total. The topological polar surface area (TPSA) is 78.8 Å². The van der Waals surface area contributed by atoms with Gasteiger partial charge in [0.05, 0.1) is 13.2 Å². The minimum Gasteiger partial charge on any atom is -0.497 e. The second-order valence-corrected chi connectivity index (χ2v) is 3.79. The van der Waals surface area contributed by atoms with E-state index in [9.17, 15) is 9.90 Å². The number of methoxy groups -OCH3 is 1. The molecule has 17 heavy (non-hydrogen) atoms. The van der Waals surface area contributed by atoms with Crippen molar-refractivity contribution in [2.75, 3.05) is 7.11 Å². The predicted molar refractivity (Wildman–Crippen MR) is 62.9 cm³/mol. The highest BCUT2D eigenvalue weighted by atomic mass is 16.5. The zero-order valence-electron chi connectivity index (χ0n) is 9.88. The normalized spacial score (nSPS) is 14.1. The summed E-state index contributed by atoms with van der Waals surface area (Å²) in [5.74, 6) is -0.351. The molecule has 1 aromatic carbocycles. The van der Waals surface area contributed by atoms with E-state index < -0.39 is 18.1 Å². The molecule has 0 radical (unpaired) electrons. The van der Waals surface area contributed by atoms with Gasteiger partial charge in [0, 0.05) is 6.54 Å². The number of aliphatic hydroxyl groups is 1. The highest BCUT2D eigenvalue weighted by Gasteiger charge is 2.21. The molecule has 5 heteroatoms. The van der Waals surface area contributed by atoms with Crippen LogP contribution in [0.15, 0.2) is 24.3 Å². The number of aliphatic hydroxyl groups excluding tert-OH is 1. The average molecular weight is 239 g/mol. The molecule has 0 saturated carbocycles. The van der Waals surface area contributed by atoms with Gasteiger partial charge in [-0.1, -0.05) is 12.1 Å². The molecule has 0 fully saturated rings. The van der Waals surface area contributed by atoms with Crippen molar-refractivity contribution >= 4 is 5.97 Å². The molecule has 0 aliphatic heterocycles. The molecule has 0 aliphatic rings. The van der Waals surface area contributed by atoms with Gasteiger partial charge >= 0.3 is 5.97 Å². The van der Waals surface area contributed by atoms with Gasteiger partial charge < -0.3 is 14.9 Å². The van der Waals surface area contributed by atoms with E-state index in [0.717, 1.165) is 5.56 Å². The van der Waals surface area contributed by atoms with Gasteiger partial charge in [0.2, 0.25) is 0 Å². The maximum Gasteiger partial charge on any atom is 0.323 e. The highest BCUT2D eigenvalue weighted by Crippen LogP contribution is 2.12. The Kier molecular flexibility index (Phi) is 4.93. The summed E-state index contributed by atoms with van der Waals surface area (Å²) in [5.41, 5.74) is 0.899. The lowest BCUT2D eigenvalue weighted by Crippen LogP contribution is -2.44. The first-order chi connectivity index (χ1) is 8.04. The molecule has 0 aliphatic carbocycles. The first kappa shape index (κ1) is 13.5. The predicted octanol–water partition coefficient (Wildman–Crippen LogP) is 0.619. The third-order valence-electron chi connectivity index (χ3n) is 2.41. The van der Waals surface area contributed by atoms with Crippen molar-refractivity contribution in [1.29, 1.82) is 0 Å². The van der Waals surface area contributed by atoms with E-state index >= 15 is 0 Å². The van der Waals surface area contributed by atoms with Crippen molar-refractivity contribution in [1.82, 2.24) is 5.32 Å². The van der Waals surface area contributed by atoms with Crippen LogP contribution >= 0.6 is 0 Å². The van der Waals surface area contributed by atoms with Gasteiger partial charge in [-0.05, 0) is 24.6 Å². The average Bonchev–Trinajstić information content (AvgIpc) is 2.28. The summed E-state index contributed by atoms with van der Waals surface area (Å²) in [6, 6.07) is 6.34. The smallest absolute Gasteiger partial charge is 0.323 e. The van der Waals surface area contributed by atoms with E-state index in [0.29, 0.717) is 12.3 Å². The van der Waals surface area contributed by atoms with E-state index in [4.69, 9.17) is 9.84 Å². The number of aliphatic carboxylic acids is 1. The summed E-state index contributed by atoms with van der Waals surface area (Å²) in [6.45, 7) is 1.80. The first-order valence-electron chi connectivity index (χ1n) is 5.31. The van der Waals surface area contributed by atoms with Crippen LogP contribution in [0.5, 0.6) is 5.75 Å². The van der Waals surface area contributed by atoms with Crippen molar-refractivity contribution < 1.29 is 19.7 Å². The fraction of sp³-hybridized carbons (Fsp3) is 0.417. The van der Waals surface area contributed by atoms with E-state index in [1.54, 1.807) is 7.11 Å². The Morgan fingerprint density at radius 1 is 1.53 bits per heavy atom. The van der Waals surface area contributed by atoms with Crippen molar-refractivity contribution in [2.24, 2.45) is 0 Å². The summed E-state index contributed by atoms with van der Waals surface area (Å²) in [7, 11) is 1.57. The molecular weight excluding hydrogens is 222 g/mol. The molecule has 2 atom stereocenters. The lowest BCUT2D eigenvalue weighted by molar-refractivity contribution is -0.142. The first-order valence-corrected chi connectivity index (χ1v) is 5.31. The minimum atomic E-state index is -1.07. The molecule has 94 valence electrons. The number of hydrogen-bond acceptors (Lipinski definition) is 4. The monoisotopic (exact) mass is 239 g/mol. The van der Waals surface area contributed by atoms with Gasteiger partial charge in [-0.25, -0.2) is 0 Å². The van der Waals surface area contributed by atoms with Crippen LogP contribution in [0.3, 0.4) is 0 Å². The fourth-order valence-corrected chi connectivity index (χ4v) is 1.47. The molecule has 0 spiro atoms. The van der Waals surface area contributed by atoms with E-state index in [-0.39, 0.29) is 0 Å². The maximum atomic E-state index is 10.8. The summed E-state index contributed by atoms with van der Waals surface area (Å²) < 4.78 is 5.06. The lowest BCUT2D eigenvalue weighted by Gasteiger charge is -2.17. The molecular formula is C12H17NO4. The standard InChI is InChI=1S/C12H17NO4/c1-8(14)11(12(15)16)13-7-9-4-3-5-10(6-9)17-2/h3-6,8,11,13-14H,7H2,1-2H3,(H,15,16). The Labute approximate surface area is 100 Å². The lowest BCUT2D eigenvalue weighted by atomic mass is 10.1. The number of nitrogens with one attached hydrogen (secondary N) is 1. The van der Waals surface area contributed by atoms with Gasteiger partial charge in [0.25, 0.3) is 0 Å². The molecule has 1 aromatic rings. The Morgan fingerprint density at radius 2 is 2.24 bits per heavy atom. The van der Waals surface area contributed by atoms with E-state index in [2.05, 4.69) is 5.32 Å². The zero-order valence-corrected chi connectivity index (χ0v) is 9.88. The molecule has 1 rings (SSSR count). The van der Waals surface area contributed by atoms with Crippen LogP contribution < -0.4 is 10.1 Å². The second kappa shape index (κ2) is 6.22. The SMILES string of the molecule is COc1cccc(CNC(C(=O)O)C(C)O)c1. The van der Waals surface area contributed by atoms with Crippen LogP contribution in [0.25, 0.3) is 0 Å². The number of carboxylic acids is 1. The number of carbonyl (C=O) groups is 1. The van der Waals surface area contributed by atoms with Crippen molar-refractivity contribution in [3.8, 4) is 5.75 Å². The van der Waals surface area contributed by atoms with Gasteiger partial charge in [0.1, 0.15) is 11.8 Å². The molecule has 0 saturated heterocycles. The van der Waals surface area contributed by atoms with Crippen LogP contribution in [0.2, 0.25) is 0 Å². The van der Waals surface area contributed by atoms with Gasteiger partial charge in [0.15, 0.2) is 0 Å². The van der Waals surface area contributed by atoms with Crippen LogP contribution in [0.1, 0.15) is 12.5 Å². The van der Waals surface area contributed by atoms with Crippen LogP contribution in [-0.2, 0) is 11.3 Å². The number of ether oxygens (including phenoxy) is 1. The number of hydrogen-bond donors (Lipinski definition) is 3. The molecule has 0 aromatic heterocycles. The quantitative estimate of drug-likeness (QED) is 0.678. The molecule has 0 amide bonds. The third kappa shape index (κ3) is 4.05. The summed E-state index contributed by atoms with van der Waals surface area (Å²) in [4.78, 5) is 10.8. The van der Waals surface area contributed by atoms with Crippen LogP contribution in [0.4, 0.5) is 0 Å². The van der Waals surface area contributed by atoms with Crippen LogP contribution in [-0.4, -0.2) is 35.4 Å². The third-order valence-corrected chi connectivity index (χ3v) is 2.41. The Balaban J connectivity index is 2.62. The Bertz CT molecular complexity index is 379. The van der Waals surface area contributed by atoms with Gasteiger partial charge in [-0.3, -0.25) is 10.1 Å². The van der Waals surface area contributed by atoms with Crippen molar-refractivity contribution in [2.45, 2.75) is 25.6 Å². The Morgan fingerprint density at radius 3 is 2.76 bits per heavy atom. The largest absolute Gasteiger partial charge is 0.497 e. The minimum absolute atomic E-state index is 0.360. The van der Waals surface area contributed by atoms with Gasteiger partial charge in [-0.2, -0.15) is 0 Å². The van der Waals surface area contributed by atoms with E-state index in [1.165, 1.54) is 6.92 Å². The van der Waals surface area contributed by atoms with Crippen molar-refractivity contribution in [3.05, 3.63) is 29.8 Å². The fourth-order valence-electron chi connectivity index (χ4n) is 1.47. The van der Waals surface area contributed by atoms with E-state index in [1.807, 2.05) is 24.3 Å². The number of rotatable bonds is 6. The number of benzene rings is 1. The van der Waals surface area contributed by atoms with Crippen molar-refractivity contribution in [3.63, 3.8) is 0 Å². The highest BCUT2D eigenvalue weighted by molar-refractivity contribution is 5.74. The molecule has 5 nitrogen and oxygen atoms in total. The number of carboxylic acid groups (broad SMARTS) is 1. The van der Waals surface area contributed by atoms with Crippen LogP contribution in [0, 0.1) is 0 Å². The Hall–Kier alpha value is -1.59. The molecule has 2 unspecified atom stereocenters. The summed E-state index contributed by atoms with van der Waals surface area (Å²) >= 11 is 0. The summed E-state index contributed by atoms with van der Waals surface area (Å²) in [5, 5.41) is 20.9. The summed E-state index contributed by atoms with van der Waals surface area (Å²) in [6.07, 6.45) is -0.946.